The van der Waals surface area contributed by atoms with Crippen LogP contribution >= 0.6 is 0 Å². The van der Waals surface area contributed by atoms with E-state index in [0.29, 0.717) is 0 Å². The zero-order chi connectivity index (χ0) is 12.3. The van der Waals surface area contributed by atoms with E-state index in [1.807, 2.05) is 0 Å². The molecule has 86 valence electrons. The van der Waals surface area contributed by atoms with Crippen molar-refractivity contribution in [1.29, 1.82) is 0 Å². The molecule has 0 aliphatic carbocycles. The number of halogens is 2. The molecule has 0 saturated carbocycles. The first-order valence-corrected chi connectivity index (χ1v) is 4.65. The minimum atomic E-state index is -1.15. The lowest BCUT2D eigenvalue weighted by Gasteiger charge is -2.05. The van der Waals surface area contributed by atoms with Gasteiger partial charge in [0.25, 0.3) is 5.78 Å². The lowest BCUT2D eigenvalue weighted by atomic mass is 10.1. The van der Waals surface area contributed by atoms with Gasteiger partial charge in [-0.05, 0) is 26.0 Å². The van der Waals surface area contributed by atoms with E-state index in [9.17, 15) is 18.4 Å². The van der Waals surface area contributed by atoms with Crippen LogP contribution in [0.2, 0.25) is 0 Å². The molecule has 0 atom stereocenters. The number of benzene rings is 1. The van der Waals surface area contributed by atoms with Crippen LogP contribution in [0, 0.1) is 18.6 Å². The zero-order valence-corrected chi connectivity index (χ0v) is 8.84. The van der Waals surface area contributed by atoms with E-state index < -0.39 is 29.0 Å². The molecule has 0 fully saturated rings. The molecule has 0 N–H and O–H groups in total. The highest BCUT2D eigenvalue weighted by Gasteiger charge is 2.23. The molecular weight excluding hydrogens is 218 g/mol. The second-order valence-electron chi connectivity index (χ2n) is 3.08. The van der Waals surface area contributed by atoms with Gasteiger partial charge in [-0.1, -0.05) is 0 Å². The molecule has 1 aromatic rings. The van der Waals surface area contributed by atoms with E-state index in [-0.39, 0.29) is 12.2 Å². The number of esters is 1. The standard InChI is InChI=1S/C11H10F2O3/c1-3-16-11(15)10(14)7-4-5-8(12)6(2)9(7)13/h4-5H,3H2,1-2H3. The number of carbonyl (C=O) groups excluding carboxylic acids is 2. The maximum Gasteiger partial charge on any atom is 0.379 e. The topological polar surface area (TPSA) is 43.4 Å². The maximum atomic E-state index is 13.4. The van der Waals surface area contributed by atoms with Crippen molar-refractivity contribution in [2.75, 3.05) is 6.61 Å². The molecule has 0 spiro atoms. The molecule has 0 heterocycles. The van der Waals surface area contributed by atoms with E-state index in [2.05, 4.69) is 4.74 Å². The van der Waals surface area contributed by atoms with Crippen molar-refractivity contribution in [3.05, 3.63) is 34.9 Å². The Labute approximate surface area is 91.0 Å². The molecule has 0 aliphatic heterocycles. The second-order valence-corrected chi connectivity index (χ2v) is 3.08. The average Bonchev–Trinajstić information content (AvgIpc) is 2.26. The Bertz CT molecular complexity index is 441. The highest BCUT2D eigenvalue weighted by molar-refractivity contribution is 6.40. The summed E-state index contributed by atoms with van der Waals surface area (Å²) in [6.45, 7) is 2.73. The summed E-state index contributed by atoms with van der Waals surface area (Å²) in [6.07, 6.45) is 0. The SMILES string of the molecule is CCOC(=O)C(=O)c1ccc(F)c(C)c1F. The fourth-order valence-electron chi connectivity index (χ4n) is 1.14. The molecule has 0 aliphatic rings. The lowest BCUT2D eigenvalue weighted by Crippen LogP contribution is -2.19. The van der Waals surface area contributed by atoms with Gasteiger partial charge >= 0.3 is 5.97 Å². The van der Waals surface area contributed by atoms with E-state index in [1.165, 1.54) is 13.8 Å². The minimum Gasteiger partial charge on any atom is -0.460 e. The van der Waals surface area contributed by atoms with Crippen LogP contribution in [0.1, 0.15) is 22.8 Å². The summed E-state index contributed by atoms with van der Waals surface area (Å²) in [5.74, 6) is -4.05. The number of Topliss-reactive ketones (excluding diaryl/α,β-unsaturated/α-hetero) is 1. The summed E-state index contributed by atoms with van der Waals surface area (Å²) < 4.78 is 30.8. The van der Waals surface area contributed by atoms with Gasteiger partial charge in [0.1, 0.15) is 11.6 Å². The third-order valence-electron chi connectivity index (χ3n) is 2.03. The van der Waals surface area contributed by atoms with Gasteiger partial charge in [0.05, 0.1) is 12.2 Å². The van der Waals surface area contributed by atoms with Crippen molar-refractivity contribution in [2.24, 2.45) is 0 Å². The Hall–Kier alpha value is -1.78. The Kier molecular flexibility index (Phi) is 3.71. The number of rotatable bonds is 3. The minimum absolute atomic E-state index is 0.0202. The van der Waals surface area contributed by atoms with Crippen LogP contribution in [0.5, 0.6) is 0 Å². The summed E-state index contributed by atoms with van der Waals surface area (Å²) in [4.78, 5) is 22.4. The van der Waals surface area contributed by atoms with Gasteiger partial charge in [0, 0.05) is 5.56 Å². The van der Waals surface area contributed by atoms with Crippen molar-refractivity contribution in [3.63, 3.8) is 0 Å². The predicted octanol–water partition coefficient (Wildman–Crippen LogP) is 2.02. The fourth-order valence-corrected chi connectivity index (χ4v) is 1.14. The third-order valence-corrected chi connectivity index (χ3v) is 2.03. The molecule has 1 aromatic carbocycles. The highest BCUT2D eigenvalue weighted by atomic mass is 19.1. The molecule has 16 heavy (non-hydrogen) atoms. The molecule has 1 rings (SSSR count). The highest BCUT2D eigenvalue weighted by Crippen LogP contribution is 2.16. The van der Waals surface area contributed by atoms with Crippen LogP contribution in [-0.2, 0) is 9.53 Å². The van der Waals surface area contributed by atoms with Crippen LogP contribution < -0.4 is 0 Å². The summed E-state index contributed by atoms with van der Waals surface area (Å²) in [7, 11) is 0. The molecule has 0 amide bonds. The third kappa shape index (κ3) is 2.24. The van der Waals surface area contributed by atoms with Crippen molar-refractivity contribution in [2.45, 2.75) is 13.8 Å². The van der Waals surface area contributed by atoms with E-state index >= 15 is 0 Å². The maximum absolute atomic E-state index is 13.4. The zero-order valence-electron chi connectivity index (χ0n) is 8.84. The van der Waals surface area contributed by atoms with Crippen molar-refractivity contribution in [1.82, 2.24) is 0 Å². The smallest absolute Gasteiger partial charge is 0.379 e. The molecule has 0 aromatic heterocycles. The van der Waals surface area contributed by atoms with Crippen LogP contribution in [0.3, 0.4) is 0 Å². The summed E-state index contributed by atoms with van der Waals surface area (Å²) in [5, 5.41) is 0. The molecule has 5 heteroatoms. The first-order valence-electron chi connectivity index (χ1n) is 4.65. The monoisotopic (exact) mass is 228 g/mol. The fraction of sp³-hybridized carbons (Fsp3) is 0.273. The van der Waals surface area contributed by atoms with Crippen LogP contribution in [-0.4, -0.2) is 18.4 Å². The predicted molar refractivity (Wildman–Crippen MR) is 52.1 cm³/mol. The summed E-state index contributed by atoms with van der Waals surface area (Å²) in [6, 6.07) is 1.86. The number of hydrogen-bond donors (Lipinski definition) is 0. The van der Waals surface area contributed by atoms with Crippen molar-refractivity contribution in [3.8, 4) is 0 Å². The molecule has 0 bridgehead atoms. The van der Waals surface area contributed by atoms with Crippen molar-refractivity contribution >= 4 is 11.8 Å². The number of ether oxygens (including phenoxy) is 1. The van der Waals surface area contributed by atoms with Crippen LogP contribution in [0.4, 0.5) is 8.78 Å². The molecule has 0 unspecified atom stereocenters. The molecule has 0 radical (unpaired) electrons. The van der Waals surface area contributed by atoms with Crippen LogP contribution in [0.15, 0.2) is 12.1 Å². The quantitative estimate of drug-likeness (QED) is 0.451. The van der Waals surface area contributed by atoms with Crippen molar-refractivity contribution < 1.29 is 23.1 Å². The number of hydrogen-bond acceptors (Lipinski definition) is 3. The lowest BCUT2D eigenvalue weighted by molar-refractivity contribution is -0.137. The van der Waals surface area contributed by atoms with Gasteiger partial charge in [-0.15, -0.1) is 0 Å². The van der Waals surface area contributed by atoms with Gasteiger partial charge < -0.3 is 4.74 Å². The molecule has 0 saturated heterocycles. The Morgan fingerprint density at radius 1 is 1.31 bits per heavy atom. The Morgan fingerprint density at radius 3 is 2.50 bits per heavy atom. The first-order chi connectivity index (χ1) is 7.49. The summed E-state index contributed by atoms with van der Waals surface area (Å²) >= 11 is 0. The second kappa shape index (κ2) is 4.83. The van der Waals surface area contributed by atoms with Gasteiger partial charge in [-0.3, -0.25) is 4.79 Å². The van der Waals surface area contributed by atoms with Gasteiger partial charge in [0.15, 0.2) is 0 Å². The first kappa shape index (κ1) is 12.3. The van der Waals surface area contributed by atoms with Gasteiger partial charge in [-0.25, -0.2) is 13.6 Å². The Morgan fingerprint density at radius 2 is 1.94 bits per heavy atom. The van der Waals surface area contributed by atoms with Crippen LogP contribution in [0.25, 0.3) is 0 Å². The van der Waals surface area contributed by atoms with E-state index in [0.717, 1.165) is 12.1 Å². The largest absolute Gasteiger partial charge is 0.460 e. The molecular formula is C11H10F2O3. The van der Waals surface area contributed by atoms with E-state index in [1.54, 1.807) is 0 Å². The number of ketones is 1. The van der Waals surface area contributed by atoms with E-state index in [4.69, 9.17) is 0 Å². The van der Waals surface area contributed by atoms with Gasteiger partial charge in [-0.2, -0.15) is 0 Å². The number of carbonyl (C=O) groups is 2. The normalized spacial score (nSPS) is 10.0. The van der Waals surface area contributed by atoms with Gasteiger partial charge in [0.2, 0.25) is 0 Å². The average molecular weight is 228 g/mol. The summed E-state index contributed by atoms with van der Waals surface area (Å²) in [5.41, 5.74) is -0.771. The Balaban J connectivity index is 3.10. The molecule has 3 nitrogen and oxygen atoms in total.